The van der Waals surface area contributed by atoms with E-state index in [0.717, 1.165) is 0 Å². The van der Waals surface area contributed by atoms with E-state index in [2.05, 4.69) is 10.6 Å². The molecule has 1 saturated heterocycles. The van der Waals surface area contributed by atoms with Crippen molar-refractivity contribution in [3.63, 3.8) is 0 Å². The van der Waals surface area contributed by atoms with Gasteiger partial charge in [-0.2, -0.15) is 0 Å². The second kappa shape index (κ2) is 13.4. The molecule has 0 spiro atoms. The number of ether oxygens (including phenoxy) is 2. The molecule has 1 amide bonds. The molecular formula is C20H39F2N5O8. The molecule has 1 heterocycles. The van der Waals surface area contributed by atoms with Crippen LogP contribution in [0.1, 0.15) is 25.7 Å². The first-order valence-electron chi connectivity index (χ1n) is 11.6. The Morgan fingerprint density at radius 2 is 1.83 bits per heavy atom. The predicted molar refractivity (Wildman–Crippen MR) is 118 cm³/mol. The van der Waals surface area contributed by atoms with E-state index in [-0.39, 0.29) is 32.4 Å². The molecule has 10 atom stereocenters. The second-order valence-corrected chi connectivity index (χ2v) is 9.16. The van der Waals surface area contributed by atoms with Gasteiger partial charge in [0.15, 0.2) is 12.4 Å². The van der Waals surface area contributed by atoms with Gasteiger partial charge in [0.05, 0.1) is 24.9 Å². The number of carbonyl (C=O) groups excluding carboxylic acids is 1. The largest absolute Gasteiger partial charge is 0.392 e. The molecule has 0 aromatic carbocycles. The minimum Gasteiger partial charge on any atom is -0.392 e. The van der Waals surface area contributed by atoms with Crippen molar-refractivity contribution >= 4 is 5.91 Å². The summed E-state index contributed by atoms with van der Waals surface area (Å²) in [7, 11) is 0. The summed E-state index contributed by atoms with van der Waals surface area (Å²) in [5.41, 5.74) is 16.4. The van der Waals surface area contributed by atoms with Crippen LogP contribution in [0.5, 0.6) is 0 Å². The number of nitrogens with one attached hydrogen (secondary N) is 2. The van der Waals surface area contributed by atoms with E-state index in [0.29, 0.717) is 13.0 Å². The van der Waals surface area contributed by atoms with Gasteiger partial charge in [-0.05, 0) is 25.8 Å². The molecule has 206 valence electrons. The first kappa shape index (κ1) is 30.1. The third-order valence-electron chi connectivity index (χ3n) is 6.22. The number of aliphatic hydroxyl groups is 5. The number of carbonyl (C=O) groups is 1. The molecule has 1 aliphatic heterocycles. The van der Waals surface area contributed by atoms with Crippen molar-refractivity contribution in [2.75, 3.05) is 26.2 Å². The Kier molecular flexibility index (Phi) is 11.6. The van der Waals surface area contributed by atoms with Crippen LogP contribution in [0.25, 0.3) is 0 Å². The van der Waals surface area contributed by atoms with E-state index in [1.807, 2.05) is 0 Å². The lowest BCUT2D eigenvalue weighted by molar-refractivity contribution is -0.276. The van der Waals surface area contributed by atoms with Gasteiger partial charge in [-0.1, -0.05) is 0 Å². The van der Waals surface area contributed by atoms with Crippen molar-refractivity contribution in [3.05, 3.63) is 0 Å². The average Bonchev–Trinajstić information content (AvgIpc) is 2.78. The molecule has 0 aromatic rings. The summed E-state index contributed by atoms with van der Waals surface area (Å²) in [6.45, 7) is -0.591. The van der Waals surface area contributed by atoms with Crippen LogP contribution in [-0.4, -0.2) is 125 Å². The van der Waals surface area contributed by atoms with Crippen LogP contribution in [0.3, 0.4) is 0 Å². The summed E-state index contributed by atoms with van der Waals surface area (Å²) < 4.78 is 38.4. The normalized spacial score (nSPS) is 35.9. The Hall–Kier alpha value is -1.11. The molecule has 1 aliphatic carbocycles. The van der Waals surface area contributed by atoms with E-state index in [1.165, 1.54) is 0 Å². The van der Waals surface area contributed by atoms with Crippen molar-refractivity contribution in [2.45, 2.75) is 92.7 Å². The van der Waals surface area contributed by atoms with Gasteiger partial charge in [-0.25, -0.2) is 8.78 Å². The number of nitrogens with two attached hydrogens (primary N) is 3. The summed E-state index contributed by atoms with van der Waals surface area (Å²) in [6, 6.07) is -1.64. The first-order valence-corrected chi connectivity index (χ1v) is 11.6. The topological polar surface area (TPSA) is 239 Å². The lowest BCUT2D eigenvalue weighted by atomic mass is 9.86. The molecule has 7 unspecified atom stereocenters. The molecule has 35 heavy (non-hydrogen) atoms. The van der Waals surface area contributed by atoms with Crippen LogP contribution in [0.15, 0.2) is 0 Å². The van der Waals surface area contributed by atoms with Gasteiger partial charge >= 0.3 is 0 Å². The van der Waals surface area contributed by atoms with Gasteiger partial charge < -0.3 is 62.8 Å². The fourth-order valence-electron chi connectivity index (χ4n) is 4.20. The predicted octanol–water partition coefficient (Wildman–Crippen LogP) is -4.57. The zero-order valence-electron chi connectivity index (χ0n) is 19.4. The lowest BCUT2D eigenvalue weighted by Crippen LogP contribution is -2.60. The van der Waals surface area contributed by atoms with E-state index >= 15 is 0 Å². The zero-order chi connectivity index (χ0) is 26.3. The van der Waals surface area contributed by atoms with Crippen LogP contribution in [0.2, 0.25) is 0 Å². The smallest absolute Gasteiger partial charge is 0.294 e. The number of hydrogen-bond acceptors (Lipinski definition) is 12. The van der Waals surface area contributed by atoms with Crippen molar-refractivity contribution in [1.82, 2.24) is 10.6 Å². The molecule has 2 fully saturated rings. The maximum absolute atomic E-state index is 13.5. The molecule has 2 rings (SSSR count). The number of rotatable bonds is 12. The number of amides is 1. The quantitative estimate of drug-likeness (QED) is 0.118. The summed E-state index contributed by atoms with van der Waals surface area (Å²) in [5.74, 6) is -5.13. The van der Waals surface area contributed by atoms with Crippen molar-refractivity contribution in [1.29, 1.82) is 0 Å². The van der Waals surface area contributed by atoms with E-state index in [4.69, 9.17) is 26.7 Å². The standard InChI is InChI=1S/C20H39F2N5O8/c21-20(22,8-24)18(32)19(33)27-9-3-11(25)17(13(30)4-9)35-15-5-12(29)16(31)14(34-15)7-26-6-10(28)1-2-23/h9-18,26,28-32H,1-8,23-25H2,(H,27,33)/t9?,10?,11?,12?,13?,14?,15-,16+,17-,18?/m1/s1. The third-order valence-corrected chi connectivity index (χ3v) is 6.22. The summed E-state index contributed by atoms with van der Waals surface area (Å²) in [4.78, 5) is 11.9. The number of aliphatic hydroxyl groups excluding tert-OH is 5. The Labute approximate surface area is 201 Å². The molecule has 0 aromatic heterocycles. The molecule has 0 bridgehead atoms. The highest BCUT2D eigenvalue weighted by Crippen LogP contribution is 2.28. The highest BCUT2D eigenvalue weighted by molar-refractivity contribution is 5.82. The SMILES string of the molecule is NCCC(O)CNCC1O[C@H](O[C@@H]2C(N)CC(NC(=O)C(O)C(F)(F)CN)CC2O)CC(O)[C@@H]1O. The zero-order valence-corrected chi connectivity index (χ0v) is 19.4. The molecule has 0 radical (unpaired) electrons. The van der Waals surface area contributed by atoms with Crippen molar-refractivity contribution in [2.24, 2.45) is 17.2 Å². The fourth-order valence-corrected chi connectivity index (χ4v) is 4.20. The minimum absolute atomic E-state index is 0.0519. The number of alkyl halides is 2. The first-order chi connectivity index (χ1) is 16.4. The number of halogens is 2. The van der Waals surface area contributed by atoms with E-state index < -0.39 is 79.5 Å². The average molecular weight is 516 g/mol. The maximum Gasteiger partial charge on any atom is 0.294 e. The Morgan fingerprint density at radius 3 is 2.43 bits per heavy atom. The van der Waals surface area contributed by atoms with Gasteiger partial charge in [0.1, 0.15) is 18.3 Å². The van der Waals surface area contributed by atoms with Crippen molar-refractivity contribution < 1.29 is 48.6 Å². The Morgan fingerprint density at radius 1 is 1.14 bits per heavy atom. The second-order valence-electron chi connectivity index (χ2n) is 9.16. The van der Waals surface area contributed by atoms with E-state index in [1.54, 1.807) is 0 Å². The summed E-state index contributed by atoms with van der Waals surface area (Å²) in [6.07, 6.45) is -9.52. The van der Waals surface area contributed by atoms with Gasteiger partial charge in [0.25, 0.3) is 11.8 Å². The Bertz CT molecular complexity index is 657. The van der Waals surface area contributed by atoms with Crippen LogP contribution < -0.4 is 27.8 Å². The maximum atomic E-state index is 13.5. The summed E-state index contributed by atoms with van der Waals surface area (Å²) >= 11 is 0. The molecule has 13 nitrogen and oxygen atoms in total. The van der Waals surface area contributed by atoms with Gasteiger partial charge in [-0.15, -0.1) is 0 Å². The molecule has 15 heteroatoms. The molecule has 1 saturated carbocycles. The van der Waals surface area contributed by atoms with Gasteiger partial charge in [0.2, 0.25) is 0 Å². The Balaban J connectivity index is 1.89. The molecular weight excluding hydrogens is 476 g/mol. The lowest BCUT2D eigenvalue weighted by Gasteiger charge is -2.43. The third kappa shape index (κ3) is 8.46. The number of hydrogen-bond donors (Lipinski definition) is 10. The van der Waals surface area contributed by atoms with Crippen LogP contribution in [-0.2, 0) is 14.3 Å². The highest BCUT2D eigenvalue weighted by Gasteiger charge is 2.45. The molecule has 13 N–H and O–H groups in total. The van der Waals surface area contributed by atoms with Gasteiger partial charge in [-0.3, -0.25) is 4.79 Å². The minimum atomic E-state index is -3.80. The highest BCUT2D eigenvalue weighted by atomic mass is 19.3. The molecule has 2 aliphatic rings. The van der Waals surface area contributed by atoms with Crippen LogP contribution in [0, 0.1) is 0 Å². The van der Waals surface area contributed by atoms with Gasteiger partial charge in [0, 0.05) is 31.6 Å². The van der Waals surface area contributed by atoms with E-state index in [9.17, 15) is 39.1 Å². The summed E-state index contributed by atoms with van der Waals surface area (Å²) in [5, 5.41) is 55.4. The fraction of sp³-hybridized carbons (Fsp3) is 0.950. The van der Waals surface area contributed by atoms with Crippen LogP contribution in [0.4, 0.5) is 8.78 Å². The van der Waals surface area contributed by atoms with Crippen molar-refractivity contribution in [3.8, 4) is 0 Å². The van der Waals surface area contributed by atoms with Crippen LogP contribution >= 0.6 is 0 Å². The monoisotopic (exact) mass is 515 g/mol.